The molecule has 0 atom stereocenters. The fraction of sp³-hybridized carbons (Fsp3) is 0.333. The predicted molar refractivity (Wildman–Crippen MR) is 103 cm³/mol. The minimum Gasteiger partial charge on any atom is -0.497 e. The van der Waals surface area contributed by atoms with Crippen molar-refractivity contribution in [3.05, 3.63) is 59.7 Å². The van der Waals surface area contributed by atoms with E-state index in [0.717, 1.165) is 5.75 Å². The molecule has 0 radical (unpaired) electrons. The Morgan fingerprint density at radius 2 is 1.52 bits per heavy atom. The zero-order chi connectivity index (χ0) is 19.2. The van der Waals surface area contributed by atoms with Crippen LogP contribution in [0.1, 0.15) is 20.7 Å². The third-order valence-corrected chi connectivity index (χ3v) is 4.76. The molecular weight excluding hydrogens is 344 g/mol. The minimum atomic E-state index is -0.00460. The maximum atomic E-state index is 12.7. The van der Waals surface area contributed by atoms with Crippen LogP contribution in [0.25, 0.3) is 0 Å². The van der Waals surface area contributed by atoms with Gasteiger partial charge in [-0.2, -0.15) is 0 Å². The Labute approximate surface area is 159 Å². The van der Waals surface area contributed by atoms with E-state index in [2.05, 4.69) is 4.90 Å². The zero-order valence-corrected chi connectivity index (χ0v) is 15.7. The van der Waals surface area contributed by atoms with Crippen LogP contribution in [-0.2, 0) is 0 Å². The van der Waals surface area contributed by atoms with E-state index in [1.807, 2.05) is 17.0 Å². The number of Topliss-reactive ketones (excluding diaryl/α,β-unsaturated/α-hetero) is 1. The van der Waals surface area contributed by atoms with Crippen LogP contribution in [0.4, 0.5) is 0 Å². The molecule has 0 aromatic heterocycles. The number of hydrogen-bond acceptors (Lipinski definition) is 5. The predicted octanol–water partition coefficient (Wildman–Crippen LogP) is 2.34. The summed E-state index contributed by atoms with van der Waals surface area (Å²) in [6.07, 6.45) is 0. The van der Waals surface area contributed by atoms with E-state index >= 15 is 0 Å². The zero-order valence-electron chi connectivity index (χ0n) is 15.7. The maximum absolute atomic E-state index is 12.7. The average molecular weight is 368 g/mol. The number of hydrogen-bond donors (Lipinski definition) is 0. The van der Waals surface area contributed by atoms with Gasteiger partial charge in [0.25, 0.3) is 5.91 Å². The molecule has 2 aromatic rings. The van der Waals surface area contributed by atoms with Gasteiger partial charge in [-0.25, -0.2) is 0 Å². The van der Waals surface area contributed by atoms with Gasteiger partial charge in [0.15, 0.2) is 5.78 Å². The van der Waals surface area contributed by atoms with Crippen LogP contribution < -0.4 is 9.47 Å². The fourth-order valence-corrected chi connectivity index (χ4v) is 3.12. The van der Waals surface area contributed by atoms with E-state index in [1.54, 1.807) is 50.6 Å². The van der Waals surface area contributed by atoms with Crippen molar-refractivity contribution >= 4 is 11.7 Å². The van der Waals surface area contributed by atoms with Crippen molar-refractivity contribution in [2.24, 2.45) is 0 Å². The first-order valence-electron chi connectivity index (χ1n) is 8.93. The average Bonchev–Trinajstić information content (AvgIpc) is 2.74. The molecule has 3 rings (SSSR count). The van der Waals surface area contributed by atoms with E-state index in [4.69, 9.17) is 9.47 Å². The van der Waals surface area contributed by atoms with E-state index in [9.17, 15) is 9.59 Å². The van der Waals surface area contributed by atoms with Crippen molar-refractivity contribution in [1.82, 2.24) is 9.80 Å². The third kappa shape index (κ3) is 4.65. The summed E-state index contributed by atoms with van der Waals surface area (Å²) in [5, 5.41) is 0. The molecule has 142 valence electrons. The maximum Gasteiger partial charge on any atom is 0.254 e. The number of ether oxygens (including phenoxy) is 2. The molecule has 1 aliphatic heterocycles. The molecule has 1 fully saturated rings. The highest BCUT2D eigenvalue weighted by atomic mass is 16.5. The standard InChI is InChI=1S/C21H24N2O4/c1-26-18-8-6-16(7-9-18)20(24)15-22-10-12-23(13-11-22)21(25)17-4-3-5-19(14-17)27-2/h3-9,14H,10-13,15H2,1-2H3. The van der Waals surface area contributed by atoms with Crippen molar-refractivity contribution in [2.75, 3.05) is 46.9 Å². The van der Waals surface area contributed by atoms with Gasteiger partial charge in [-0.1, -0.05) is 6.07 Å². The molecule has 27 heavy (non-hydrogen) atoms. The number of benzene rings is 2. The quantitative estimate of drug-likeness (QED) is 0.733. The number of ketones is 1. The Balaban J connectivity index is 1.53. The van der Waals surface area contributed by atoms with Gasteiger partial charge in [0.1, 0.15) is 11.5 Å². The first kappa shape index (κ1) is 18.9. The lowest BCUT2D eigenvalue weighted by molar-refractivity contribution is 0.0624. The number of nitrogens with zero attached hydrogens (tertiary/aromatic N) is 2. The van der Waals surface area contributed by atoms with Gasteiger partial charge in [-0.3, -0.25) is 14.5 Å². The molecule has 0 N–H and O–H groups in total. The molecule has 6 heteroatoms. The van der Waals surface area contributed by atoms with Crippen LogP contribution in [0.3, 0.4) is 0 Å². The van der Waals surface area contributed by atoms with Crippen LogP contribution in [-0.4, -0.2) is 68.4 Å². The summed E-state index contributed by atoms with van der Waals surface area (Å²) in [6, 6.07) is 14.3. The first-order valence-corrected chi connectivity index (χ1v) is 8.93. The normalized spacial score (nSPS) is 14.7. The Morgan fingerprint density at radius 1 is 0.852 bits per heavy atom. The van der Waals surface area contributed by atoms with E-state index in [1.165, 1.54) is 0 Å². The molecule has 0 aliphatic carbocycles. The van der Waals surface area contributed by atoms with Gasteiger partial charge in [0.2, 0.25) is 0 Å². The lowest BCUT2D eigenvalue weighted by atomic mass is 10.1. The first-order chi connectivity index (χ1) is 13.1. The fourth-order valence-electron chi connectivity index (χ4n) is 3.12. The van der Waals surface area contributed by atoms with Gasteiger partial charge in [-0.15, -0.1) is 0 Å². The van der Waals surface area contributed by atoms with E-state index in [0.29, 0.717) is 49.6 Å². The SMILES string of the molecule is COc1ccc(C(=O)CN2CCN(C(=O)c3cccc(OC)c3)CC2)cc1. The molecular formula is C21H24N2O4. The summed E-state index contributed by atoms with van der Waals surface area (Å²) >= 11 is 0. The Hall–Kier alpha value is -2.86. The Morgan fingerprint density at radius 3 is 2.15 bits per heavy atom. The molecule has 0 saturated carbocycles. The summed E-state index contributed by atoms with van der Waals surface area (Å²) < 4.78 is 10.3. The molecule has 2 aromatic carbocycles. The second-order valence-electron chi connectivity index (χ2n) is 6.45. The van der Waals surface area contributed by atoms with E-state index in [-0.39, 0.29) is 11.7 Å². The van der Waals surface area contributed by atoms with Crippen LogP contribution in [0, 0.1) is 0 Å². The van der Waals surface area contributed by atoms with Crippen LogP contribution >= 0.6 is 0 Å². The molecule has 1 saturated heterocycles. The topological polar surface area (TPSA) is 59.1 Å². The number of piperazine rings is 1. The lowest BCUT2D eigenvalue weighted by Gasteiger charge is -2.34. The number of carbonyl (C=O) groups excluding carboxylic acids is 2. The molecule has 1 heterocycles. The summed E-state index contributed by atoms with van der Waals surface area (Å²) in [5.74, 6) is 1.47. The monoisotopic (exact) mass is 368 g/mol. The summed E-state index contributed by atoms with van der Waals surface area (Å²) in [6.45, 7) is 2.92. The van der Waals surface area contributed by atoms with Gasteiger partial charge >= 0.3 is 0 Å². The molecule has 1 amide bonds. The van der Waals surface area contributed by atoms with E-state index < -0.39 is 0 Å². The van der Waals surface area contributed by atoms with Crippen molar-refractivity contribution in [3.8, 4) is 11.5 Å². The highest BCUT2D eigenvalue weighted by molar-refractivity contribution is 5.98. The summed E-state index contributed by atoms with van der Waals surface area (Å²) in [7, 11) is 3.19. The van der Waals surface area contributed by atoms with Gasteiger partial charge in [0.05, 0.1) is 20.8 Å². The number of methoxy groups -OCH3 is 2. The van der Waals surface area contributed by atoms with Crippen LogP contribution in [0.2, 0.25) is 0 Å². The second-order valence-corrected chi connectivity index (χ2v) is 6.45. The van der Waals surface area contributed by atoms with Crippen molar-refractivity contribution < 1.29 is 19.1 Å². The summed E-state index contributed by atoms with van der Waals surface area (Å²) in [5.41, 5.74) is 1.29. The second kappa shape index (κ2) is 8.68. The molecule has 0 spiro atoms. The minimum absolute atomic E-state index is 0.00460. The number of rotatable bonds is 6. The van der Waals surface area contributed by atoms with Gasteiger partial charge in [-0.05, 0) is 42.5 Å². The van der Waals surface area contributed by atoms with Crippen LogP contribution in [0.5, 0.6) is 11.5 Å². The largest absolute Gasteiger partial charge is 0.497 e. The highest BCUT2D eigenvalue weighted by Gasteiger charge is 2.23. The third-order valence-electron chi connectivity index (χ3n) is 4.76. The van der Waals surface area contributed by atoms with Crippen LogP contribution in [0.15, 0.2) is 48.5 Å². The number of carbonyl (C=O) groups is 2. The Bertz CT molecular complexity index is 796. The van der Waals surface area contributed by atoms with Crippen molar-refractivity contribution in [2.45, 2.75) is 0 Å². The molecule has 0 unspecified atom stereocenters. The van der Waals surface area contributed by atoms with Crippen molar-refractivity contribution in [3.63, 3.8) is 0 Å². The molecule has 1 aliphatic rings. The number of amides is 1. The molecule has 6 nitrogen and oxygen atoms in total. The van der Waals surface area contributed by atoms with Gasteiger partial charge < -0.3 is 14.4 Å². The van der Waals surface area contributed by atoms with Crippen molar-refractivity contribution in [1.29, 1.82) is 0 Å². The highest BCUT2D eigenvalue weighted by Crippen LogP contribution is 2.16. The molecule has 0 bridgehead atoms. The van der Waals surface area contributed by atoms with Gasteiger partial charge in [0, 0.05) is 37.3 Å². The Kier molecular flexibility index (Phi) is 6.08. The smallest absolute Gasteiger partial charge is 0.254 e. The summed E-state index contributed by atoms with van der Waals surface area (Å²) in [4.78, 5) is 29.0. The lowest BCUT2D eigenvalue weighted by Crippen LogP contribution is -2.49.